The minimum Gasteiger partial charge on any atom is -0.377 e. The van der Waals surface area contributed by atoms with Crippen LogP contribution >= 0.6 is 11.3 Å². The van der Waals surface area contributed by atoms with Crippen molar-refractivity contribution in [2.75, 3.05) is 13.2 Å². The summed E-state index contributed by atoms with van der Waals surface area (Å²) in [5.41, 5.74) is 2.35. The summed E-state index contributed by atoms with van der Waals surface area (Å²) < 4.78 is 33.4. The van der Waals surface area contributed by atoms with Crippen LogP contribution in [-0.2, 0) is 14.8 Å². The Morgan fingerprint density at radius 1 is 1.39 bits per heavy atom. The molecule has 0 aliphatic carbocycles. The van der Waals surface area contributed by atoms with E-state index in [0.29, 0.717) is 18.0 Å². The molecule has 124 valence electrons. The Morgan fingerprint density at radius 3 is 2.87 bits per heavy atom. The number of rotatable bonds is 5. The molecule has 1 aliphatic heterocycles. The fraction of sp³-hybridized carbons (Fsp3) is 0.438. The lowest BCUT2D eigenvalue weighted by Crippen LogP contribution is -2.32. The van der Waals surface area contributed by atoms with Crippen molar-refractivity contribution in [2.24, 2.45) is 0 Å². The van der Waals surface area contributed by atoms with E-state index in [1.165, 1.54) is 0 Å². The van der Waals surface area contributed by atoms with Crippen LogP contribution in [0.2, 0.25) is 0 Å². The van der Waals surface area contributed by atoms with Crippen LogP contribution in [0.15, 0.2) is 28.5 Å². The van der Waals surface area contributed by atoms with Gasteiger partial charge in [-0.15, -0.1) is 11.3 Å². The van der Waals surface area contributed by atoms with Crippen molar-refractivity contribution in [1.82, 2.24) is 9.71 Å². The number of benzene rings is 1. The Kier molecular flexibility index (Phi) is 4.82. The van der Waals surface area contributed by atoms with Crippen LogP contribution in [0.3, 0.4) is 0 Å². The van der Waals surface area contributed by atoms with Gasteiger partial charge in [-0.2, -0.15) is 0 Å². The van der Waals surface area contributed by atoms with E-state index in [1.807, 2.05) is 24.4 Å². The predicted octanol–water partition coefficient (Wildman–Crippen LogP) is 2.88. The molecule has 0 amide bonds. The zero-order valence-electron chi connectivity index (χ0n) is 13.2. The van der Waals surface area contributed by atoms with Crippen LogP contribution in [-0.4, -0.2) is 32.7 Å². The fourth-order valence-corrected chi connectivity index (χ4v) is 4.59. The third kappa shape index (κ3) is 3.80. The van der Waals surface area contributed by atoms with Gasteiger partial charge in [0, 0.05) is 24.1 Å². The molecule has 7 heteroatoms. The maximum atomic E-state index is 12.6. The maximum Gasteiger partial charge on any atom is 0.240 e. The van der Waals surface area contributed by atoms with Crippen molar-refractivity contribution in [3.05, 3.63) is 34.2 Å². The molecule has 2 aromatic rings. The van der Waals surface area contributed by atoms with Crippen molar-refractivity contribution in [3.8, 4) is 11.3 Å². The van der Waals surface area contributed by atoms with Crippen molar-refractivity contribution in [3.63, 3.8) is 0 Å². The van der Waals surface area contributed by atoms with Gasteiger partial charge in [-0.3, -0.25) is 0 Å². The molecule has 1 aromatic carbocycles. The molecule has 0 spiro atoms. The van der Waals surface area contributed by atoms with Gasteiger partial charge in [-0.25, -0.2) is 18.1 Å². The van der Waals surface area contributed by atoms with E-state index in [2.05, 4.69) is 9.71 Å². The van der Waals surface area contributed by atoms with Gasteiger partial charge in [0.25, 0.3) is 0 Å². The molecule has 1 N–H and O–H groups in total. The van der Waals surface area contributed by atoms with Crippen molar-refractivity contribution in [2.45, 2.75) is 37.7 Å². The largest absolute Gasteiger partial charge is 0.377 e. The van der Waals surface area contributed by atoms with Crippen LogP contribution in [0.25, 0.3) is 11.3 Å². The minimum absolute atomic E-state index is 0.0190. The van der Waals surface area contributed by atoms with Gasteiger partial charge in [0.2, 0.25) is 10.0 Å². The first-order valence-electron chi connectivity index (χ1n) is 7.60. The molecule has 1 atom stereocenters. The molecule has 1 saturated heterocycles. The van der Waals surface area contributed by atoms with E-state index >= 15 is 0 Å². The smallest absolute Gasteiger partial charge is 0.240 e. The SMILES string of the molecule is Cc1nc(-c2ccc(C)c(S(=O)(=O)NC[C@@H]3CCCO3)c2)cs1. The highest BCUT2D eigenvalue weighted by atomic mass is 32.2. The average Bonchev–Trinajstić information content (AvgIpc) is 3.17. The predicted molar refractivity (Wildman–Crippen MR) is 91.2 cm³/mol. The molecule has 23 heavy (non-hydrogen) atoms. The Bertz CT molecular complexity index is 793. The number of ether oxygens (including phenoxy) is 1. The van der Waals surface area contributed by atoms with E-state index in [0.717, 1.165) is 34.7 Å². The van der Waals surface area contributed by atoms with Crippen molar-refractivity contribution >= 4 is 21.4 Å². The number of nitrogens with one attached hydrogen (secondary N) is 1. The fourth-order valence-electron chi connectivity index (χ4n) is 2.63. The van der Waals surface area contributed by atoms with Gasteiger partial charge in [0.05, 0.1) is 21.7 Å². The first-order chi connectivity index (χ1) is 11.0. The van der Waals surface area contributed by atoms with E-state index in [1.54, 1.807) is 24.3 Å². The summed E-state index contributed by atoms with van der Waals surface area (Å²) in [7, 11) is -3.56. The summed E-state index contributed by atoms with van der Waals surface area (Å²) in [4.78, 5) is 4.73. The lowest BCUT2D eigenvalue weighted by atomic mass is 10.1. The lowest BCUT2D eigenvalue weighted by Gasteiger charge is -2.13. The lowest BCUT2D eigenvalue weighted by molar-refractivity contribution is 0.114. The Labute approximate surface area is 140 Å². The molecule has 0 radical (unpaired) electrons. The average molecular weight is 352 g/mol. The summed E-state index contributed by atoms with van der Waals surface area (Å²) in [6.07, 6.45) is 1.87. The van der Waals surface area contributed by atoms with E-state index < -0.39 is 10.0 Å². The molecule has 2 heterocycles. The number of aryl methyl sites for hydroxylation is 2. The highest BCUT2D eigenvalue weighted by Crippen LogP contribution is 2.26. The van der Waals surface area contributed by atoms with Crippen LogP contribution in [0.1, 0.15) is 23.4 Å². The quantitative estimate of drug-likeness (QED) is 0.898. The minimum atomic E-state index is -3.56. The number of thiazole rings is 1. The Balaban J connectivity index is 1.85. The van der Waals surface area contributed by atoms with Crippen LogP contribution < -0.4 is 4.72 Å². The Morgan fingerprint density at radius 2 is 2.22 bits per heavy atom. The van der Waals surface area contributed by atoms with Crippen LogP contribution in [0.5, 0.6) is 0 Å². The van der Waals surface area contributed by atoms with E-state index in [9.17, 15) is 8.42 Å². The summed E-state index contributed by atoms with van der Waals surface area (Å²) in [5.74, 6) is 0. The summed E-state index contributed by atoms with van der Waals surface area (Å²) in [5, 5.41) is 2.90. The molecular weight excluding hydrogens is 332 g/mol. The van der Waals surface area contributed by atoms with Gasteiger partial charge in [-0.1, -0.05) is 12.1 Å². The van der Waals surface area contributed by atoms with E-state index in [-0.39, 0.29) is 6.10 Å². The molecule has 3 rings (SSSR count). The highest BCUT2D eigenvalue weighted by molar-refractivity contribution is 7.89. The monoisotopic (exact) mass is 352 g/mol. The molecule has 1 aromatic heterocycles. The highest BCUT2D eigenvalue weighted by Gasteiger charge is 2.22. The molecule has 1 fully saturated rings. The first kappa shape index (κ1) is 16.6. The number of aromatic nitrogens is 1. The van der Waals surface area contributed by atoms with Gasteiger partial charge >= 0.3 is 0 Å². The molecule has 0 bridgehead atoms. The van der Waals surface area contributed by atoms with Crippen molar-refractivity contribution < 1.29 is 13.2 Å². The molecular formula is C16H20N2O3S2. The summed E-state index contributed by atoms with van der Waals surface area (Å²) >= 11 is 1.55. The number of hydrogen-bond acceptors (Lipinski definition) is 5. The summed E-state index contributed by atoms with van der Waals surface area (Å²) in [6.45, 7) is 4.77. The summed E-state index contributed by atoms with van der Waals surface area (Å²) in [6, 6.07) is 5.43. The van der Waals surface area contributed by atoms with Crippen LogP contribution in [0, 0.1) is 13.8 Å². The topological polar surface area (TPSA) is 68.3 Å². The third-order valence-corrected chi connectivity index (χ3v) is 6.26. The molecule has 0 unspecified atom stereocenters. The van der Waals surface area contributed by atoms with Gasteiger partial charge < -0.3 is 4.74 Å². The second-order valence-electron chi connectivity index (χ2n) is 5.72. The third-order valence-electron chi connectivity index (χ3n) is 3.92. The molecule has 1 aliphatic rings. The Hall–Kier alpha value is -1.28. The van der Waals surface area contributed by atoms with Gasteiger partial charge in [0.1, 0.15) is 0 Å². The first-order valence-corrected chi connectivity index (χ1v) is 9.96. The van der Waals surface area contributed by atoms with Crippen LogP contribution in [0.4, 0.5) is 0 Å². The second-order valence-corrected chi connectivity index (χ2v) is 8.52. The van der Waals surface area contributed by atoms with E-state index in [4.69, 9.17) is 4.74 Å². The normalized spacial score (nSPS) is 18.4. The number of sulfonamides is 1. The number of nitrogens with zero attached hydrogens (tertiary/aromatic N) is 1. The zero-order valence-corrected chi connectivity index (χ0v) is 14.8. The van der Waals surface area contributed by atoms with Gasteiger partial charge in [0.15, 0.2) is 0 Å². The number of hydrogen-bond donors (Lipinski definition) is 1. The maximum absolute atomic E-state index is 12.6. The van der Waals surface area contributed by atoms with Crippen molar-refractivity contribution in [1.29, 1.82) is 0 Å². The van der Waals surface area contributed by atoms with Gasteiger partial charge in [-0.05, 0) is 38.3 Å². The standard InChI is InChI=1S/C16H20N2O3S2/c1-11-5-6-13(15-10-22-12(2)18-15)8-16(11)23(19,20)17-9-14-4-3-7-21-14/h5-6,8,10,14,17H,3-4,7,9H2,1-2H3/t14-/m0/s1. The zero-order chi connectivity index (χ0) is 16.4. The second kappa shape index (κ2) is 6.68. The molecule has 5 nitrogen and oxygen atoms in total. The molecule has 0 saturated carbocycles.